The molecule has 2 aromatic heterocycles. The van der Waals surface area contributed by atoms with E-state index in [1.807, 2.05) is 27.8 Å². The molecule has 0 amide bonds. The van der Waals surface area contributed by atoms with Gasteiger partial charge in [0.15, 0.2) is 5.82 Å². The fourth-order valence-corrected chi connectivity index (χ4v) is 2.55. The summed E-state index contributed by atoms with van der Waals surface area (Å²) >= 11 is 1.24. The molecule has 0 saturated carbocycles. The van der Waals surface area contributed by atoms with Crippen LogP contribution in [-0.4, -0.2) is 27.8 Å². The highest BCUT2D eigenvalue weighted by Crippen LogP contribution is 2.11. The van der Waals surface area contributed by atoms with Crippen LogP contribution in [-0.2, 0) is 13.0 Å². The van der Waals surface area contributed by atoms with E-state index in [4.69, 9.17) is 4.52 Å². The molecule has 112 valence electrons. The minimum absolute atomic E-state index is 0. The number of likely N-dealkylation sites (N-methyl/N-ethyl adjacent to an activating group) is 1. The SMILES string of the molecule is CNC(C)Cc1noc(Cn2c(C)c(C)sc2=O)n1.Cl. The number of thiazole rings is 1. The molecule has 2 rings (SSSR count). The second-order valence-electron chi connectivity index (χ2n) is 4.59. The van der Waals surface area contributed by atoms with Gasteiger partial charge in [0, 0.05) is 23.0 Å². The lowest BCUT2D eigenvalue weighted by molar-refractivity contribution is 0.363. The van der Waals surface area contributed by atoms with Gasteiger partial charge in [0.25, 0.3) is 0 Å². The Kier molecular flexibility index (Phi) is 5.91. The van der Waals surface area contributed by atoms with Gasteiger partial charge in [-0.05, 0) is 27.8 Å². The average Bonchev–Trinajstić information content (AvgIpc) is 2.90. The maximum Gasteiger partial charge on any atom is 0.308 e. The van der Waals surface area contributed by atoms with Crippen LogP contribution in [0.15, 0.2) is 9.32 Å². The Morgan fingerprint density at radius 3 is 2.70 bits per heavy atom. The summed E-state index contributed by atoms with van der Waals surface area (Å²) in [5, 5.41) is 7.05. The number of halogens is 1. The van der Waals surface area contributed by atoms with E-state index in [0.717, 1.165) is 10.6 Å². The van der Waals surface area contributed by atoms with E-state index in [-0.39, 0.29) is 17.3 Å². The third-order valence-electron chi connectivity index (χ3n) is 3.16. The van der Waals surface area contributed by atoms with Gasteiger partial charge in [0.2, 0.25) is 5.89 Å². The smallest absolute Gasteiger partial charge is 0.308 e. The number of aromatic nitrogens is 3. The molecule has 0 saturated heterocycles. The Bertz CT molecular complexity index is 619. The van der Waals surface area contributed by atoms with Crippen molar-refractivity contribution in [3.8, 4) is 0 Å². The van der Waals surface area contributed by atoms with Crippen molar-refractivity contribution in [2.24, 2.45) is 0 Å². The normalized spacial score (nSPS) is 12.2. The van der Waals surface area contributed by atoms with Gasteiger partial charge < -0.3 is 9.84 Å². The molecule has 8 heteroatoms. The minimum atomic E-state index is 0. The molecule has 0 aliphatic heterocycles. The van der Waals surface area contributed by atoms with Gasteiger partial charge in [-0.2, -0.15) is 4.98 Å². The first-order valence-corrected chi connectivity index (χ1v) is 6.98. The highest BCUT2D eigenvalue weighted by Gasteiger charge is 2.13. The summed E-state index contributed by atoms with van der Waals surface area (Å²) < 4.78 is 6.85. The van der Waals surface area contributed by atoms with Crippen LogP contribution in [0.4, 0.5) is 0 Å². The minimum Gasteiger partial charge on any atom is -0.337 e. The third-order valence-corrected chi connectivity index (χ3v) is 4.16. The van der Waals surface area contributed by atoms with E-state index < -0.39 is 0 Å². The maximum absolute atomic E-state index is 11.8. The van der Waals surface area contributed by atoms with Crippen LogP contribution in [0.25, 0.3) is 0 Å². The standard InChI is InChI=1S/C12H18N4O2S.ClH/c1-7(13-4)5-10-14-11(18-15-10)6-16-8(2)9(3)19-12(16)17;/h7,13H,5-6H2,1-4H3;1H. The molecule has 0 aromatic carbocycles. The Hall–Kier alpha value is -1.18. The van der Waals surface area contributed by atoms with Gasteiger partial charge in [-0.3, -0.25) is 9.36 Å². The number of nitrogens with zero attached hydrogens (tertiary/aromatic N) is 3. The topological polar surface area (TPSA) is 73.0 Å². The predicted molar refractivity (Wildman–Crippen MR) is 80.9 cm³/mol. The zero-order chi connectivity index (χ0) is 14.0. The van der Waals surface area contributed by atoms with E-state index in [9.17, 15) is 4.79 Å². The van der Waals surface area contributed by atoms with Gasteiger partial charge in [-0.1, -0.05) is 16.5 Å². The Labute approximate surface area is 127 Å². The van der Waals surface area contributed by atoms with Crippen molar-refractivity contribution in [1.29, 1.82) is 0 Å². The molecule has 0 radical (unpaired) electrons. The van der Waals surface area contributed by atoms with Crippen molar-refractivity contribution in [2.75, 3.05) is 7.05 Å². The van der Waals surface area contributed by atoms with E-state index >= 15 is 0 Å². The first-order valence-electron chi connectivity index (χ1n) is 6.16. The van der Waals surface area contributed by atoms with Gasteiger partial charge in [0.1, 0.15) is 6.54 Å². The van der Waals surface area contributed by atoms with E-state index in [0.29, 0.717) is 30.7 Å². The van der Waals surface area contributed by atoms with Crippen molar-refractivity contribution < 1.29 is 4.52 Å². The van der Waals surface area contributed by atoms with Crippen LogP contribution in [0.1, 0.15) is 29.2 Å². The van der Waals surface area contributed by atoms with Crippen LogP contribution in [0, 0.1) is 13.8 Å². The number of hydrogen-bond acceptors (Lipinski definition) is 6. The van der Waals surface area contributed by atoms with Crippen LogP contribution >= 0.6 is 23.7 Å². The molecule has 0 aliphatic carbocycles. The maximum atomic E-state index is 11.8. The fourth-order valence-electron chi connectivity index (χ4n) is 1.72. The third kappa shape index (κ3) is 3.68. The molecule has 1 atom stereocenters. The molecule has 0 fully saturated rings. The largest absolute Gasteiger partial charge is 0.337 e. The molecule has 20 heavy (non-hydrogen) atoms. The van der Waals surface area contributed by atoms with Crippen molar-refractivity contribution in [2.45, 2.75) is 39.8 Å². The summed E-state index contributed by atoms with van der Waals surface area (Å²) in [4.78, 5) is 17.1. The number of nitrogens with one attached hydrogen (secondary N) is 1. The highest BCUT2D eigenvalue weighted by atomic mass is 35.5. The summed E-state index contributed by atoms with van der Waals surface area (Å²) in [7, 11) is 1.89. The van der Waals surface area contributed by atoms with E-state index in [1.165, 1.54) is 11.3 Å². The Balaban J connectivity index is 0.00000200. The van der Waals surface area contributed by atoms with Crippen LogP contribution in [0.2, 0.25) is 0 Å². The van der Waals surface area contributed by atoms with Crippen molar-refractivity contribution >= 4 is 23.7 Å². The summed E-state index contributed by atoms with van der Waals surface area (Å²) in [5.41, 5.74) is 0.957. The number of hydrogen-bond donors (Lipinski definition) is 1. The lowest BCUT2D eigenvalue weighted by Gasteiger charge is -2.04. The summed E-state index contributed by atoms with van der Waals surface area (Å²) in [6.45, 7) is 6.25. The van der Waals surface area contributed by atoms with Crippen LogP contribution < -0.4 is 10.2 Å². The first kappa shape index (κ1) is 16.9. The summed E-state index contributed by atoms with van der Waals surface area (Å²) in [6, 6.07) is 0.290. The van der Waals surface area contributed by atoms with E-state index in [1.54, 1.807) is 4.57 Å². The van der Waals surface area contributed by atoms with Crippen molar-refractivity contribution in [3.63, 3.8) is 0 Å². The Morgan fingerprint density at radius 2 is 2.15 bits per heavy atom. The monoisotopic (exact) mass is 318 g/mol. The molecule has 6 nitrogen and oxygen atoms in total. The summed E-state index contributed by atoms with van der Waals surface area (Å²) in [6.07, 6.45) is 0.705. The zero-order valence-corrected chi connectivity index (χ0v) is 13.6. The van der Waals surface area contributed by atoms with Gasteiger partial charge in [-0.25, -0.2) is 0 Å². The highest BCUT2D eigenvalue weighted by molar-refractivity contribution is 7.09. The number of aryl methyl sites for hydroxylation is 1. The van der Waals surface area contributed by atoms with Gasteiger partial charge >= 0.3 is 4.87 Å². The Morgan fingerprint density at radius 1 is 1.45 bits per heavy atom. The average molecular weight is 319 g/mol. The lowest BCUT2D eigenvalue weighted by Crippen LogP contribution is -2.24. The molecule has 0 spiro atoms. The molecule has 0 bridgehead atoms. The molecule has 0 aliphatic rings. The van der Waals surface area contributed by atoms with E-state index in [2.05, 4.69) is 15.5 Å². The summed E-state index contributed by atoms with van der Waals surface area (Å²) in [5.74, 6) is 1.14. The second-order valence-corrected chi connectivity index (χ2v) is 5.76. The van der Waals surface area contributed by atoms with Crippen LogP contribution in [0.5, 0.6) is 0 Å². The molecular weight excluding hydrogens is 300 g/mol. The van der Waals surface area contributed by atoms with Crippen molar-refractivity contribution in [1.82, 2.24) is 20.0 Å². The second kappa shape index (κ2) is 7.01. The van der Waals surface area contributed by atoms with Crippen LogP contribution in [0.3, 0.4) is 0 Å². The number of rotatable bonds is 5. The predicted octanol–water partition coefficient (Wildman–Crippen LogP) is 1.53. The lowest BCUT2D eigenvalue weighted by atomic mass is 10.2. The fraction of sp³-hybridized carbons (Fsp3) is 0.583. The van der Waals surface area contributed by atoms with Crippen molar-refractivity contribution in [3.05, 3.63) is 32.0 Å². The van der Waals surface area contributed by atoms with Gasteiger partial charge in [0.05, 0.1) is 0 Å². The zero-order valence-electron chi connectivity index (χ0n) is 12.0. The first-order chi connectivity index (χ1) is 9.01. The molecule has 1 unspecified atom stereocenters. The molecule has 2 aromatic rings. The van der Waals surface area contributed by atoms with Gasteiger partial charge in [-0.15, -0.1) is 12.4 Å². The molecule has 1 N–H and O–H groups in total. The molecular formula is C12H19ClN4O2S. The quantitative estimate of drug-likeness (QED) is 0.905. The molecule has 2 heterocycles.